The Morgan fingerprint density at radius 2 is 1.89 bits per heavy atom. The molecule has 0 aromatic carbocycles. The maximum Gasteiger partial charge on any atom is 0.490 e. The van der Waals surface area contributed by atoms with E-state index in [1.54, 1.807) is 0 Å². The van der Waals surface area contributed by atoms with Crippen molar-refractivity contribution in [2.45, 2.75) is 12.6 Å². The summed E-state index contributed by atoms with van der Waals surface area (Å²) in [5.74, 6) is -2.76. The molecule has 1 rings (SSSR count). The molecule has 0 bridgehead atoms. The van der Waals surface area contributed by atoms with Crippen LogP contribution < -0.4 is 4.72 Å². The zero-order chi connectivity index (χ0) is 14.4. The van der Waals surface area contributed by atoms with Crippen molar-refractivity contribution in [2.24, 2.45) is 0 Å². The van der Waals surface area contributed by atoms with Gasteiger partial charge in [-0.25, -0.2) is 4.79 Å². The Morgan fingerprint density at radius 3 is 2.11 bits per heavy atom. The molecular weight excluding hydrogens is 281 g/mol. The highest BCUT2D eigenvalue weighted by atomic mass is 32.2. The molecule has 0 saturated carbocycles. The van der Waals surface area contributed by atoms with Crippen molar-refractivity contribution >= 4 is 16.2 Å². The first kappa shape index (κ1) is 17.1. The number of methoxy groups -OCH3 is 1. The van der Waals surface area contributed by atoms with Crippen LogP contribution in [0.5, 0.6) is 0 Å². The van der Waals surface area contributed by atoms with Crippen LogP contribution in [0.25, 0.3) is 0 Å². The molecule has 11 heteroatoms. The van der Waals surface area contributed by atoms with Gasteiger partial charge in [0.2, 0.25) is 0 Å². The Hall–Kier alpha value is -0.910. The number of aliphatic carboxylic acids is 1. The van der Waals surface area contributed by atoms with Crippen LogP contribution in [0.1, 0.15) is 6.42 Å². The molecule has 108 valence electrons. The highest BCUT2D eigenvalue weighted by Gasteiger charge is 2.38. The van der Waals surface area contributed by atoms with E-state index < -0.39 is 22.4 Å². The van der Waals surface area contributed by atoms with Crippen LogP contribution in [0, 0.1) is 0 Å². The molecule has 0 atom stereocenters. The summed E-state index contributed by atoms with van der Waals surface area (Å²) in [6, 6.07) is 0. The van der Waals surface area contributed by atoms with Crippen LogP contribution in [0.2, 0.25) is 0 Å². The molecule has 1 aliphatic rings. The smallest absolute Gasteiger partial charge is 0.475 e. The van der Waals surface area contributed by atoms with E-state index in [1.165, 1.54) is 11.4 Å². The molecule has 2 N–H and O–H groups in total. The molecule has 1 heterocycles. The van der Waals surface area contributed by atoms with Gasteiger partial charge in [0.1, 0.15) is 6.73 Å². The SMILES string of the molecule is COCNS(=O)(=O)N1CCC1.O=C(O)C(F)(F)F. The quantitative estimate of drug-likeness (QED) is 0.698. The van der Waals surface area contributed by atoms with Crippen molar-refractivity contribution in [1.82, 2.24) is 9.03 Å². The summed E-state index contributed by atoms with van der Waals surface area (Å²) in [6.45, 7) is 1.29. The highest BCUT2D eigenvalue weighted by Crippen LogP contribution is 2.13. The minimum Gasteiger partial charge on any atom is -0.475 e. The number of rotatable bonds is 4. The molecule has 1 fully saturated rings. The van der Waals surface area contributed by atoms with E-state index >= 15 is 0 Å². The number of ether oxygens (including phenoxy) is 1. The third-order valence-corrected chi connectivity index (χ3v) is 3.31. The van der Waals surface area contributed by atoms with E-state index in [2.05, 4.69) is 9.46 Å². The monoisotopic (exact) mass is 294 g/mol. The fraction of sp³-hybridized carbons (Fsp3) is 0.857. The average molecular weight is 294 g/mol. The summed E-state index contributed by atoms with van der Waals surface area (Å²) in [4.78, 5) is 8.90. The maximum absolute atomic E-state index is 11.1. The highest BCUT2D eigenvalue weighted by molar-refractivity contribution is 7.87. The zero-order valence-corrected chi connectivity index (χ0v) is 10.2. The first-order chi connectivity index (χ1) is 8.11. The van der Waals surface area contributed by atoms with Crippen molar-refractivity contribution in [3.8, 4) is 0 Å². The van der Waals surface area contributed by atoms with Gasteiger partial charge in [0, 0.05) is 20.2 Å². The molecule has 0 spiro atoms. The van der Waals surface area contributed by atoms with Gasteiger partial charge < -0.3 is 9.84 Å². The Balaban J connectivity index is 0.000000360. The van der Waals surface area contributed by atoms with Crippen molar-refractivity contribution in [1.29, 1.82) is 0 Å². The number of carbonyl (C=O) groups is 1. The van der Waals surface area contributed by atoms with Gasteiger partial charge in [0.15, 0.2) is 0 Å². The number of hydrogen-bond donors (Lipinski definition) is 2. The largest absolute Gasteiger partial charge is 0.490 e. The number of halogens is 3. The second-order valence-electron chi connectivity index (χ2n) is 3.14. The fourth-order valence-electron chi connectivity index (χ4n) is 0.752. The Morgan fingerprint density at radius 1 is 1.44 bits per heavy atom. The lowest BCUT2D eigenvalue weighted by Crippen LogP contribution is -2.48. The number of nitrogens with one attached hydrogen (secondary N) is 1. The molecule has 18 heavy (non-hydrogen) atoms. The Kier molecular flexibility index (Phi) is 6.52. The molecule has 0 aliphatic carbocycles. The maximum atomic E-state index is 11.1. The lowest BCUT2D eigenvalue weighted by atomic mass is 10.3. The number of alkyl halides is 3. The first-order valence-corrected chi connectivity index (χ1v) is 6.09. The molecule has 7 nitrogen and oxygen atoms in total. The number of carboxylic acids is 1. The number of carboxylic acid groups (broad SMARTS) is 1. The van der Waals surface area contributed by atoms with Gasteiger partial charge in [-0.05, 0) is 6.42 Å². The summed E-state index contributed by atoms with van der Waals surface area (Å²) in [6.07, 6.45) is -4.13. The second kappa shape index (κ2) is 6.87. The summed E-state index contributed by atoms with van der Waals surface area (Å²) in [5.41, 5.74) is 0. The van der Waals surface area contributed by atoms with Crippen molar-refractivity contribution in [3.05, 3.63) is 0 Å². The summed E-state index contributed by atoms with van der Waals surface area (Å²) in [7, 11) is -1.78. The topological polar surface area (TPSA) is 95.9 Å². The van der Waals surface area contributed by atoms with E-state index in [9.17, 15) is 21.6 Å². The Labute approximate surface area is 102 Å². The predicted octanol–water partition coefficient (Wildman–Crippen LogP) is -0.236. The van der Waals surface area contributed by atoms with E-state index in [4.69, 9.17) is 9.90 Å². The minimum absolute atomic E-state index is 0.0405. The normalized spacial score (nSPS) is 16.4. The predicted molar refractivity (Wildman–Crippen MR) is 53.8 cm³/mol. The first-order valence-electron chi connectivity index (χ1n) is 4.65. The Bertz CT molecular complexity index is 366. The zero-order valence-electron chi connectivity index (χ0n) is 9.40. The van der Waals surface area contributed by atoms with Crippen LogP contribution >= 0.6 is 0 Å². The molecule has 0 unspecified atom stereocenters. The van der Waals surface area contributed by atoms with Gasteiger partial charge in [-0.15, -0.1) is 0 Å². The van der Waals surface area contributed by atoms with Crippen LogP contribution in [-0.2, 0) is 19.7 Å². The van der Waals surface area contributed by atoms with Gasteiger partial charge in [-0.2, -0.15) is 30.6 Å². The van der Waals surface area contributed by atoms with E-state index in [0.29, 0.717) is 13.1 Å². The van der Waals surface area contributed by atoms with Crippen LogP contribution in [-0.4, -0.2) is 56.9 Å². The summed E-state index contributed by atoms with van der Waals surface area (Å²) >= 11 is 0. The van der Waals surface area contributed by atoms with Gasteiger partial charge in [-0.1, -0.05) is 0 Å². The average Bonchev–Trinajstić information content (AvgIpc) is 2.10. The fourth-order valence-corrected chi connectivity index (χ4v) is 1.94. The molecule has 0 radical (unpaired) electrons. The molecule has 0 aromatic heterocycles. The molecule has 1 saturated heterocycles. The van der Waals surface area contributed by atoms with Crippen LogP contribution in [0.3, 0.4) is 0 Å². The van der Waals surface area contributed by atoms with Crippen molar-refractivity contribution < 1.29 is 36.2 Å². The summed E-state index contributed by atoms with van der Waals surface area (Å²) in [5, 5.41) is 7.12. The van der Waals surface area contributed by atoms with Crippen LogP contribution in [0.4, 0.5) is 13.2 Å². The van der Waals surface area contributed by atoms with Gasteiger partial charge in [0.05, 0.1) is 0 Å². The second-order valence-corrected chi connectivity index (χ2v) is 4.89. The van der Waals surface area contributed by atoms with Crippen molar-refractivity contribution in [3.63, 3.8) is 0 Å². The lowest BCUT2D eigenvalue weighted by molar-refractivity contribution is -0.192. The number of hydrogen-bond acceptors (Lipinski definition) is 4. The van der Waals surface area contributed by atoms with Crippen molar-refractivity contribution in [2.75, 3.05) is 26.9 Å². The van der Waals surface area contributed by atoms with Gasteiger partial charge in [0.25, 0.3) is 10.2 Å². The van der Waals surface area contributed by atoms with Gasteiger partial charge >= 0.3 is 12.1 Å². The van der Waals surface area contributed by atoms with E-state index in [-0.39, 0.29) is 6.73 Å². The lowest BCUT2D eigenvalue weighted by Gasteiger charge is -2.29. The summed E-state index contributed by atoms with van der Waals surface area (Å²) < 4.78 is 62.2. The molecule has 0 amide bonds. The van der Waals surface area contributed by atoms with E-state index in [1.807, 2.05) is 0 Å². The molecule has 1 aliphatic heterocycles. The minimum atomic E-state index is -5.08. The van der Waals surface area contributed by atoms with E-state index in [0.717, 1.165) is 6.42 Å². The van der Waals surface area contributed by atoms with Gasteiger partial charge in [-0.3, -0.25) is 0 Å². The molecular formula is C7H13F3N2O5S. The van der Waals surface area contributed by atoms with Crippen LogP contribution in [0.15, 0.2) is 0 Å². The standard InChI is InChI=1S/C5H12N2O3S.C2HF3O2/c1-10-5-6-11(8,9)7-3-2-4-7;3-2(4,5)1(6)7/h6H,2-5H2,1H3;(H,6,7). The third kappa shape index (κ3) is 6.14. The third-order valence-electron chi connectivity index (χ3n) is 1.78. The number of nitrogens with zero attached hydrogens (tertiary/aromatic N) is 1. The molecule has 0 aromatic rings.